The van der Waals surface area contributed by atoms with Crippen molar-refractivity contribution in [2.24, 2.45) is 0 Å². The monoisotopic (exact) mass is 298 g/mol. The predicted molar refractivity (Wildman–Crippen MR) is 83.0 cm³/mol. The number of methoxy groups -OCH3 is 1. The fourth-order valence-corrected chi connectivity index (χ4v) is 2.25. The molecule has 3 rings (SSSR count). The molecule has 22 heavy (non-hydrogen) atoms. The summed E-state index contributed by atoms with van der Waals surface area (Å²) in [7, 11) is 1.61. The number of benzene rings is 2. The van der Waals surface area contributed by atoms with Crippen LogP contribution in [0.3, 0.4) is 0 Å². The Morgan fingerprint density at radius 2 is 2.14 bits per heavy atom. The third-order valence-corrected chi connectivity index (χ3v) is 3.36. The van der Waals surface area contributed by atoms with Crippen LogP contribution < -0.4 is 10.1 Å². The Hall–Kier alpha value is -3.09. The summed E-state index contributed by atoms with van der Waals surface area (Å²) in [6.45, 7) is 0.429. The molecule has 0 radical (unpaired) electrons. The SMILES string of the molecule is COc1ccccc1NCn1cnc2ccc([N+](=O)[O-])cc21. The number of nitro benzene ring substituents is 1. The van der Waals surface area contributed by atoms with Crippen LogP contribution in [-0.2, 0) is 6.67 Å². The van der Waals surface area contributed by atoms with Gasteiger partial charge in [-0.1, -0.05) is 12.1 Å². The van der Waals surface area contributed by atoms with Crippen molar-refractivity contribution < 1.29 is 9.66 Å². The molecule has 0 fully saturated rings. The smallest absolute Gasteiger partial charge is 0.271 e. The highest BCUT2D eigenvalue weighted by atomic mass is 16.6. The average Bonchev–Trinajstić information content (AvgIpc) is 2.95. The van der Waals surface area contributed by atoms with Gasteiger partial charge in [0.25, 0.3) is 5.69 Å². The van der Waals surface area contributed by atoms with E-state index in [-0.39, 0.29) is 5.69 Å². The normalized spacial score (nSPS) is 10.6. The molecule has 0 amide bonds. The number of non-ortho nitro benzene ring substituents is 1. The minimum Gasteiger partial charge on any atom is -0.495 e. The predicted octanol–water partition coefficient (Wildman–Crippen LogP) is 3.02. The number of ether oxygens (including phenoxy) is 1. The Morgan fingerprint density at radius 3 is 2.91 bits per heavy atom. The number of aromatic nitrogens is 2. The molecule has 0 unspecified atom stereocenters. The standard InChI is InChI=1S/C15H14N4O3/c1-22-15-5-3-2-4-13(15)17-10-18-9-16-12-7-6-11(19(20)21)8-14(12)18/h2-9,17H,10H2,1H3. The lowest BCUT2D eigenvalue weighted by Crippen LogP contribution is -2.07. The van der Waals surface area contributed by atoms with Gasteiger partial charge in [0.2, 0.25) is 0 Å². The molecule has 3 aromatic rings. The van der Waals surface area contributed by atoms with Crippen molar-refractivity contribution in [2.45, 2.75) is 6.67 Å². The van der Waals surface area contributed by atoms with Gasteiger partial charge in [-0.3, -0.25) is 10.1 Å². The number of nitrogens with one attached hydrogen (secondary N) is 1. The Labute approximate surface area is 126 Å². The van der Waals surface area contributed by atoms with E-state index < -0.39 is 4.92 Å². The van der Waals surface area contributed by atoms with Gasteiger partial charge in [-0.15, -0.1) is 0 Å². The lowest BCUT2D eigenvalue weighted by Gasteiger charge is -2.11. The van der Waals surface area contributed by atoms with E-state index in [1.807, 2.05) is 28.8 Å². The van der Waals surface area contributed by atoms with Crippen LogP contribution in [0.1, 0.15) is 0 Å². The second kappa shape index (κ2) is 5.72. The van der Waals surface area contributed by atoms with Crippen molar-refractivity contribution in [2.75, 3.05) is 12.4 Å². The first kappa shape index (κ1) is 13.9. The molecule has 0 aliphatic rings. The lowest BCUT2D eigenvalue weighted by atomic mass is 10.3. The average molecular weight is 298 g/mol. The molecular weight excluding hydrogens is 284 g/mol. The number of rotatable bonds is 5. The van der Waals surface area contributed by atoms with Crippen LogP contribution in [0.2, 0.25) is 0 Å². The topological polar surface area (TPSA) is 82.2 Å². The van der Waals surface area contributed by atoms with Gasteiger partial charge >= 0.3 is 0 Å². The van der Waals surface area contributed by atoms with Crippen molar-refractivity contribution in [3.63, 3.8) is 0 Å². The van der Waals surface area contributed by atoms with Crippen LogP contribution in [0.25, 0.3) is 11.0 Å². The van der Waals surface area contributed by atoms with Crippen LogP contribution in [-0.4, -0.2) is 21.6 Å². The third kappa shape index (κ3) is 2.56. The molecule has 7 heteroatoms. The highest BCUT2D eigenvalue weighted by Gasteiger charge is 2.10. The summed E-state index contributed by atoms with van der Waals surface area (Å²) in [6, 6.07) is 12.2. The van der Waals surface area contributed by atoms with Gasteiger partial charge in [-0.05, 0) is 18.2 Å². The van der Waals surface area contributed by atoms with E-state index in [2.05, 4.69) is 10.3 Å². The van der Waals surface area contributed by atoms with Gasteiger partial charge in [0.1, 0.15) is 5.75 Å². The van der Waals surface area contributed by atoms with Crippen molar-refractivity contribution in [1.82, 2.24) is 9.55 Å². The first-order valence-electron chi connectivity index (χ1n) is 6.65. The molecule has 0 atom stereocenters. The number of para-hydroxylation sites is 2. The van der Waals surface area contributed by atoms with Gasteiger partial charge in [-0.25, -0.2) is 4.98 Å². The van der Waals surface area contributed by atoms with Crippen LogP contribution in [0.5, 0.6) is 5.75 Å². The lowest BCUT2D eigenvalue weighted by molar-refractivity contribution is -0.384. The van der Waals surface area contributed by atoms with E-state index in [1.54, 1.807) is 19.5 Å². The van der Waals surface area contributed by atoms with Crippen LogP contribution >= 0.6 is 0 Å². The number of imidazole rings is 1. The molecule has 2 aromatic carbocycles. The highest BCUT2D eigenvalue weighted by Crippen LogP contribution is 2.24. The number of nitro groups is 1. The maximum absolute atomic E-state index is 10.9. The summed E-state index contributed by atoms with van der Waals surface area (Å²) < 4.78 is 7.09. The van der Waals surface area contributed by atoms with Crippen LogP contribution in [0.4, 0.5) is 11.4 Å². The fraction of sp³-hybridized carbons (Fsp3) is 0.133. The van der Waals surface area contributed by atoms with Crippen molar-refractivity contribution in [1.29, 1.82) is 0 Å². The van der Waals surface area contributed by atoms with E-state index in [0.717, 1.165) is 11.4 Å². The van der Waals surface area contributed by atoms with E-state index >= 15 is 0 Å². The zero-order valence-electron chi connectivity index (χ0n) is 11.9. The third-order valence-electron chi connectivity index (χ3n) is 3.36. The quantitative estimate of drug-likeness (QED) is 0.578. The van der Waals surface area contributed by atoms with Crippen molar-refractivity contribution in [3.05, 3.63) is 58.9 Å². The summed E-state index contributed by atoms with van der Waals surface area (Å²) >= 11 is 0. The molecule has 0 saturated carbocycles. The second-order valence-corrected chi connectivity index (χ2v) is 4.68. The number of nitrogens with zero attached hydrogens (tertiary/aromatic N) is 3. The van der Waals surface area contributed by atoms with E-state index in [4.69, 9.17) is 4.74 Å². The summed E-state index contributed by atoms with van der Waals surface area (Å²) in [5, 5.41) is 14.1. The van der Waals surface area contributed by atoms with Gasteiger partial charge in [-0.2, -0.15) is 0 Å². The summed E-state index contributed by atoms with van der Waals surface area (Å²) in [5.74, 6) is 0.734. The fourth-order valence-electron chi connectivity index (χ4n) is 2.25. The molecule has 1 aromatic heterocycles. The van der Waals surface area contributed by atoms with E-state index in [9.17, 15) is 10.1 Å². The van der Waals surface area contributed by atoms with Crippen LogP contribution in [0.15, 0.2) is 48.8 Å². The number of hydrogen-bond donors (Lipinski definition) is 1. The Morgan fingerprint density at radius 1 is 1.32 bits per heavy atom. The van der Waals surface area contributed by atoms with Gasteiger partial charge in [0, 0.05) is 12.1 Å². The zero-order chi connectivity index (χ0) is 15.5. The van der Waals surface area contributed by atoms with Crippen molar-refractivity contribution in [3.8, 4) is 5.75 Å². The number of hydrogen-bond acceptors (Lipinski definition) is 5. The zero-order valence-corrected chi connectivity index (χ0v) is 11.9. The summed E-state index contributed by atoms with van der Waals surface area (Å²) in [6.07, 6.45) is 1.65. The van der Waals surface area contributed by atoms with Gasteiger partial charge < -0.3 is 14.6 Å². The van der Waals surface area contributed by atoms with E-state index in [1.165, 1.54) is 12.1 Å². The molecule has 0 bridgehead atoms. The number of fused-ring (bicyclic) bond motifs is 1. The molecule has 0 aliphatic heterocycles. The first-order valence-corrected chi connectivity index (χ1v) is 6.65. The second-order valence-electron chi connectivity index (χ2n) is 4.68. The molecule has 7 nitrogen and oxygen atoms in total. The molecule has 1 heterocycles. The highest BCUT2D eigenvalue weighted by molar-refractivity contribution is 5.78. The van der Waals surface area contributed by atoms with Gasteiger partial charge in [0.05, 0.1) is 41.7 Å². The summed E-state index contributed by atoms with van der Waals surface area (Å²) in [4.78, 5) is 14.7. The minimum atomic E-state index is -0.412. The maximum atomic E-state index is 10.9. The van der Waals surface area contributed by atoms with Crippen LogP contribution in [0, 0.1) is 10.1 Å². The molecule has 0 aliphatic carbocycles. The maximum Gasteiger partial charge on any atom is 0.271 e. The molecular formula is C15H14N4O3. The van der Waals surface area contributed by atoms with E-state index in [0.29, 0.717) is 17.7 Å². The number of anilines is 1. The van der Waals surface area contributed by atoms with Crippen molar-refractivity contribution >= 4 is 22.4 Å². The van der Waals surface area contributed by atoms with Gasteiger partial charge in [0.15, 0.2) is 0 Å². The summed E-state index contributed by atoms with van der Waals surface area (Å²) in [5.41, 5.74) is 2.31. The largest absolute Gasteiger partial charge is 0.495 e. The molecule has 1 N–H and O–H groups in total. The molecule has 0 spiro atoms. The Kier molecular flexibility index (Phi) is 3.61. The minimum absolute atomic E-state index is 0.0477. The molecule has 0 saturated heterocycles. The Bertz CT molecular complexity index is 829. The molecule has 112 valence electrons. The Balaban J connectivity index is 1.87. The first-order chi connectivity index (χ1) is 10.7.